The SMILES string of the molecule is Cc1cc(F)c(C(=O)Nc2cccc(-c3nncn3CC(F)(F)F)n2)cc1N(C=O)C1CC1. The zero-order chi connectivity index (χ0) is 23.8. The van der Waals surface area contributed by atoms with Crippen LogP contribution >= 0.6 is 0 Å². The van der Waals surface area contributed by atoms with Crippen LogP contribution in [0, 0.1) is 12.7 Å². The van der Waals surface area contributed by atoms with E-state index in [0.29, 0.717) is 17.7 Å². The second-order valence-electron chi connectivity index (χ2n) is 7.62. The Morgan fingerprint density at radius 1 is 1.30 bits per heavy atom. The summed E-state index contributed by atoms with van der Waals surface area (Å²) >= 11 is 0. The number of nitrogens with zero attached hydrogens (tertiary/aromatic N) is 5. The number of carbonyl (C=O) groups excluding carboxylic acids is 2. The van der Waals surface area contributed by atoms with Gasteiger partial charge in [0.25, 0.3) is 5.91 Å². The second-order valence-corrected chi connectivity index (χ2v) is 7.62. The fourth-order valence-electron chi connectivity index (χ4n) is 3.38. The number of aryl methyl sites for hydroxylation is 1. The Morgan fingerprint density at radius 2 is 2.06 bits per heavy atom. The summed E-state index contributed by atoms with van der Waals surface area (Å²) in [5.74, 6) is -1.76. The monoisotopic (exact) mass is 462 g/mol. The van der Waals surface area contributed by atoms with E-state index in [-0.39, 0.29) is 28.9 Å². The van der Waals surface area contributed by atoms with Crippen molar-refractivity contribution < 1.29 is 27.2 Å². The quantitative estimate of drug-likeness (QED) is 0.427. The Kier molecular flexibility index (Phi) is 5.83. The van der Waals surface area contributed by atoms with Crippen LogP contribution in [0.1, 0.15) is 28.8 Å². The minimum absolute atomic E-state index is 0.0185. The molecule has 1 aromatic carbocycles. The number of hydrogen-bond donors (Lipinski definition) is 1. The molecule has 2 heterocycles. The zero-order valence-electron chi connectivity index (χ0n) is 17.3. The minimum Gasteiger partial charge on any atom is -0.312 e. The van der Waals surface area contributed by atoms with Gasteiger partial charge in [0.05, 0.1) is 5.56 Å². The van der Waals surface area contributed by atoms with Crippen molar-refractivity contribution in [2.75, 3.05) is 10.2 Å². The Labute approximate surface area is 185 Å². The van der Waals surface area contributed by atoms with Gasteiger partial charge in [-0.25, -0.2) is 9.37 Å². The van der Waals surface area contributed by atoms with Crippen LogP contribution in [-0.4, -0.2) is 44.3 Å². The highest BCUT2D eigenvalue weighted by atomic mass is 19.4. The summed E-state index contributed by atoms with van der Waals surface area (Å²) in [4.78, 5) is 29.9. The van der Waals surface area contributed by atoms with E-state index in [1.54, 1.807) is 6.92 Å². The maximum atomic E-state index is 14.6. The molecule has 33 heavy (non-hydrogen) atoms. The molecule has 4 rings (SSSR count). The molecule has 2 aromatic heterocycles. The van der Waals surface area contributed by atoms with Crippen LogP contribution in [0.25, 0.3) is 11.5 Å². The van der Waals surface area contributed by atoms with Gasteiger partial charge in [0, 0.05) is 11.7 Å². The number of rotatable bonds is 7. The van der Waals surface area contributed by atoms with Gasteiger partial charge in [0.1, 0.15) is 30.2 Å². The molecule has 8 nitrogen and oxygen atoms in total. The third-order valence-corrected chi connectivity index (χ3v) is 5.05. The lowest BCUT2D eigenvalue weighted by Crippen LogP contribution is -2.25. The molecule has 0 saturated heterocycles. The number of aromatic nitrogens is 4. The van der Waals surface area contributed by atoms with E-state index in [1.807, 2.05) is 0 Å². The van der Waals surface area contributed by atoms with Crippen LogP contribution in [0.3, 0.4) is 0 Å². The first-order valence-corrected chi connectivity index (χ1v) is 9.93. The summed E-state index contributed by atoms with van der Waals surface area (Å²) in [7, 11) is 0. The molecule has 3 aromatic rings. The summed E-state index contributed by atoms with van der Waals surface area (Å²) in [5, 5.41) is 9.61. The molecule has 2 amide bonds. The van der Waals surface area contributed by atoms with Gasteiger partial charge in [0.15, 0.2) is 5.82 Å². The van der Waals surface area contributed by atoms with E-state index in [0.717, 1.165) is 23.7 Å². The number of amides is 2. The third-order valence-electron chi connectivity index (χ3n) is 5.05. The molecule has 1 N–H and O–H groups in total. The number of halogens is 4. The van der Waals surface area contributed by atoms with Crippen LogP contribution in [0.4, 0.5) is 29.1 Å². The normalized spacial score (nSPS) is 13.6. The summed E-state index contributed by atoms with van der Waals surface area (Å²) < 4.78 is 53.7. The molecule has 0 atom stereocenters. The van der Waals surface area contributed by atoms with Gasteiger partial charge in [-0.15, -0.1) is 10.2 Å². The lowest BCUT2D eigenvalue weighted by Gasteiger charge is -2.20. The van der Waals surface area contributed by atoms with Crippen molar-refractivity contribution in [2.45, 2.75) is 38.5 Å². The lowest BCUT2D eigenvalue weighted by atomic mass is 10.1. The average molecular weight is 462 g/mol. The highest BCUT2D eigenvalue weighted by Gasteiger charge is 2.31. The maximum absolute atomic E-state index is 14.6. The topological polar surface area (TPSA) is 93.0 Å². The number of alkyl halides is 3. The van der Waals surface area contributed by atoms with Crippen molar-refractivity contribution in [3.05, 3.63) is 53.6 Å². The Balaban J connectivity index is 1.59. The summed E-state index contributed by atoms with van der Waals surface area (Å²) in [5.41, 5.74) is 0.684. The van der Waals surface area contributed by atoms with E-state index in [4.69, 9.17) is 0 Å². The molecule has 1 saturated carbocycles. The van der Waals surface area contributed by atoms with Gasteiger partial charge in [0.2, 0.25) is 6.41 Å². The number of carbonyl (C=O) groups is 2. The predicted octanol–water partition coefficient (Wildman–Crippen LogP) is 3.73. The Hall–Kier alpha value is -3.83. The largest absolute Gasteiger partial charge is 0.406 e. The van der Waals surface area contributed by atoms with Crippen molar-refractivity contribution in [3.8, 4) is 11.5 Å². The number of pyridine rings is 1. The standard InChI is InChI=1S/C21H18F4N6O2/c1-12-7-15(22)14(8-17(12)31(11-32)13-5-6-13)20(33)28-18-4-2-3-16(27-18)19-29-26-10-30(19)9-21(23,24)25/h2-4,7-8,10-11,13H,5-6,9H2,1H3,(H,27,28,33). The van der Waals surface area contributed by atoms with Crippen LogP contribution in [0.5, 0.6) is 0 Å². The molecule has 0 radical (unpaired) electrons. The number of anilines is 2. The van der Waals surface area contributed by atoms with Crippen molar-refractivity contribution in [3.63, 3.8) is 0 Å². The fraction of sp³-hybridized carbons (Fsp3) is 0.286. The number of benzene rings is 1. The van der Waals surface area contributed by atoms with Crippen LogP contribution < -0.4 is 10.2 Å². The van der Waals surface area contributed by atoms with Gasteiger partial charge >= 0.3 is 6.18 Å². The number of hydrogen-bond acceptors (Lipinski definition) is 5. The highest BCUT2D eigenvalue weighted by Crippen LogP contribution is 2.33. The molecule has 0 aliphatic heterocycles. The summed E-state index contributed by atoms with van der Waals surface area (Å²) in [6, 6.07) is 6.77. The van der Waals surface area contributed by atoms with Gasteiger partial charge in [-0.05, 0) is 49.6 Å². The van der Waals surface area contributed by atoms with Crippen LogP contribution in [0.2, 0.25) is 0 Å². The molecule has 0 spiro atoms. The molecule has 1 aliphatic rings. The third kappa shape index (κ3) is 4.99. The van der Waals surface area contributed by atoms with Crippen LogP contribution in [-0.2, 0) is 11.3 Å². The first-order chi connectivity index (χ1) is 15.7. The molecule has 0 bridgehead atoms. The minimum atomic E-state index is -4.49. The molecular formula is C21H18F4N6O2. The fourth-order valence-corrected chi connectivity index (χ4v) is 3.38. The highest BCUT2D eigenvalue weighted by molar-refractivity contribution is 6.05. The van der Waals surface area contributed by atoms with Gasteiger partial charge in [-0.3, -0.25) is 9.59 Å². The molecule has 12 heteroatoms. The van der Waals surface area contributed by atoms with Gasteiger partial charge < -0.3 is 14.8 Å². The number of nitrogens with one attached hydrogen (secondary N) is 1. The van der Waals surface area contributed by atoms with Crippen molar-refractivity contribution in [2.24, 2.45) is 0 Å². The Bertz CT molecular complexity index is 1210. The average Bonchev–Trinajstić information content (AvgIpc) is 3.47. The predicted molar refractivity (Wildman–Crippen MR) is 110 cm³/mol. The second kappa shape index (κ2) is 8.60. The molecule has 172 valence electrons. The maximum Gasteiger partial charge on any atom is 0.406 e. The van der Waals surface area contributed by atoms with E-state index in [2.05, 4.69) is 20.5 Å². The van der Waals surface area contributed by atoms with E-state index >= 15 is 0 Å². The zero-order valence-corrected chi connectivity index (χ0v) is 17.3. The van der Waals surface area contributed by atoms with Crippen molar-refractivity contribution in [1.29, 1.82) is 0 Å². The van der Waals surface area contributed by atoms with Crippen molar-refractivity contribution in [1.82, 2.24) is 19.7 Å². The molecule has 1 fully saturated rings. The van der Waals surface area contributed by atoms with Crippen LogP contribution in [0.15, 0.2) is 36.7 Å². The van der Waals surface area contributed by atoms with E-state index < -0.39 is 24.4 Å². The Morgan fingerprint density at radius 3 is 2.73 bits per heavy atom. The van der Waals surface area contributed by atoms with Gasteiger partial charge in [-0.1, -0.05) is 6.07 Å². The first kappa shape index (κ1) is 22.4. The van der Waals surface area contributed by atoms with E-state index in [9.17, 15) is 27.2 Å². The first-order valence-electron chi connectivity index (χ1n) is 9.93. The smallest absolute Gasteiger partial charge is 0.312 e. The van der Waals surface area contributed by atoms with Crippen molar-refractivity contribution >= 4 is 23.8 Å². The molecule has 1 aliphatic carbocycles. The lowest BCUT2D eigenvalue weighted by molar-refractivity contribution is -0.140. The summed E-state index contributed by atoms with van der Waals surface area (Å²) in [6.45, 7) is 0.334. The molecule has 0 unspecified atom stereocenters. The van der Waals surface area contributed by atoms with E-state index in [1.165, 1.54) is 35.2 Å². The molecular weight excluding hydrogens is 444 g/mol. The summed E-state index contributed by atoms with van der Waals surface area (Å²) in [6.07, 6.45) is -1.25. The van der Waals surface area contributed by atoms with Gasteiger partial charge in [-0.2, -0.15) is 13.2 Å².